The lowest BCUT2D eigenvalue weighted by Gasteiger charge is -2.35. The summed E-state index contributed by atoms with van der Waals surface area (Å²) >= 11 is 0. The van der Waals surface area contributed by atoms with Crippen LogP contribution in [0, 0.1) is 0 Å². The quantitative estimate of drug-likeness (QED) is 0.301. The SMILES string of the molecule is CCOC(=O)C(NC(=O)CC)(Nc1ccc(C(O)(C(=O)OC)C(F)(F)F)cc1)C(F)(F)F. The van der Waals surface area contributed by atoms with E-state index in [1.165, 1.54) is 19.2 Å². The smallest absolute Gasteiger partial charge is 0.441 e. The molecule has 0 aliphatic heterocycles. The van der Waals surface area contributed by atoms with E-state index in [-0.39, 0.29) is 0 Å². The summed E-state index contributed by atoms with van der Waals surface area (Å²) in [6, 6.07) is 2.26. The fourth-order valence-electron chi connectivity index (χ4n) is 2.48. The van der Waals surface area contributed by atoms with E-state index in [1.54, 1.807) is 5.32 Å². The lowest BCUT2D eigenvalue weighted by atomic mass is 9.93. The molecule has 1 amide bonds. The molecular formula is C18H20F6N2O6. The number of carbonyl (C=O) groups excluding carboxylic acids is 3. The molecule has 3 N–H and O–H groups in total. The van der Waals surface area contributed by atoms with Crippen molar-refractivity contribution in [2.24, 2.45) is 0 Å². The van der Waals surface area contributed by atoms with Crippen molar-refractivity contribution in [3.8, 4) is 0 Å². The van der Waals surface area contributed by atoms with Crippen LogP contribution >= 0.6 is 0 Å². The number of aliphatic hydroxyl groups is 1. The van der Waals surface area contributed by atoms with E-state index in [4.69, 9.17) is 0 Å². The van der Waals surface area contributed by atoms with E-state index in [0.29, 0.717) is 31.4 Å². The fraction of sp³-hybridized carbons (Fsp3) is 0.500. The predicted molar refractivity (Wildman–Crippen MR) is 95.9 cm³/mol. The zero-order valence-electron chi connectivity index (χ0n) is 17.0. The highest BCUT2D eigenvalue weighted by Gasteiger charge is 2.64. The van der Waals surface area contributed by atoms with Crippen LogP contribution in [-0.2, 0) is 29.5 Å². The summed E-state index contributed by atoms with van der Waals surface area (Å²) in [5.74, 6) is -5.17. The number of benzene rings is 1. The van der Waals surface area contributed by atoms with Crippen molar-refractivity contribution in [2.75, 3.05) is 19.0 Å². The van der Waals surface area contributed by atoms with Crippen LogP contribution in [0.25, 0.3) is 0 Å². The minimum absolute atomic E-state index is 0.435. The number of amides is 1. The van der Waals surface area contributed by atoms with Crippen molar-refractivity contribution in [3.63, 3.8) is 0 Å². The third kappa shape index (κ3) is 5.06. The highest BCUT2D eigenvalue weighted by Crippen LogP contribution is 2.41. The number of alkyl halides is 6. The molecule has 0 bridgehead atoms. The standard InChI is InChI=1S/C18H20F6N2O6/c1-4-12(27)26-16(18(22,23)24,14(29)32-5-2)25-11-8-6-10(7-9-11)15(30,13(28)31-3)17(19,20)21/h6-9,25,30H,4-5H2,1-3H3,(H,26,27). The van der Waals surface area contributed by atoms with E-state index >= 15 is 0 Å². The van der Waals surface area contributed by atoms with Crippen LogP contribution in [-0.4, -0.2) is 54.7 Å². The number of halogens is 6. The summed E-state index contributed by atoms with van der Waals surface area (Å²) in [6.45, 7) is 1.97. The van der Waals surface area contributed by atoms with Crippen LogP contribution in [0.1, 0.15) is 25.8 Å². The summed E-state index contributed by atoms with van der Waals surface area (Å²) in [6.07, 6.45) is -11.4. The third-order valence-corrected chi connectivity index (χ3v) is 4.18. The first-order chi connectivity index (χ1) is 14.6. The Morgan fingerprint density at radius 1 is 0.938 bits per heavy atom. The van der Waals surface area contributed by atoms with Crippen LogP contribution in [0.4, 0.5) is 32.0 Å². The Balaban J connectivity index is 3.51. The van der Waals surface area contributed by atoms with Crippen molar-refractivity contribution < 1.29 is 55.3 Å². The fourth-order valence-corrected chi connectivity index (χ4v) is 2.48. The molecule has 0 aliphatic rings. The van der Waals surface area contributed by atoms with Gasteiger partial charge < -0.3 is 25.2 Å². The second-order valence-electron chi connectivity index (χ2n) is 6.27. The average molecular weight is 474 g/mol. The minimum Gasteiger partial charge on any atom is -0.466 e. The van der Waals surface area contributed by atoms with Crippen molar-refractivity contribution in [2.45, 2.75) is 43.9 Å². The van der Waals surface area contributed by atoms with Gasteiger partial charge in [-0.3, -0.25) is 4.79 Å². The van der Waals surface area contributed by atoms with Gasteiger partial charge in [-0.05, 0) is 19.1 Å². The molecule has 1 aromatic carbocycles. The first kappa shape index (κ1) is 27.0. The van der Waals surface area contributed by atoms with Crippen LogP contribution in [0.5, 0.6) is 0 Å². The first-order valence-electron chi connectivity index (χ1n) is 8.91. The van der Waals surface area contributed by atoms with E-state index in [1.807, 2.05) is 0 Å². The highest BCUT2D eigenvalue weighted by molar-refractivity contribution is 5.91. The summed E-state index contributed by atoms with van der Waals surface area (Å²) in [4.78, 5) is 35.5. The Morgan fingerprint density at radius 2 is 1.47 bits per heavy atom. The molecule has 0 saturated carbocycles. The van der Waals surface area contributed by atoms with E-state index in [2.05, 4.69) is 9.47 Å². The van der Waals surface area contributed by atoms with Gasteiger partial charge in [-0.1, -0.05) is 19.1 Å². The van der Waals surface area contributed by atoms with Crippen molar-refractivity contribution >= 4 is 23.5 Å². The van der Waals surface area contributed by atoms with Gasteiger partial charge in [0, 0.05) is 17.7 Å². The molecule has 0 spiro atoms. The van der Waals surface area contributed by atoms with Gasteiger partial charge in [0.15, 0.2) is 0 Å². The topological polar surface area (TPSA) is 114 Å². The second kappa shape index (κ2) is 9.63. The number of rotatable bonds is 8. The van der Waals surface area contributed by atoms with Gasteiger partial charge in [-0.25, -0.2) is 9.59 Å². The number of hydrogen-bond donors (Lipinski definition) is 3. The molecule has 32 heavy (non-hydrogen) atoms. The summed E-state index contributed by atoms with van der Waals surface area (Å²) in [5.41, 5.74) is -9.52. The zero-order valence-corrected chi connectivity index (χ0v) is 17.0. The molecule has 0 fully saturated rings. The molecule has 0 radical (unpaired) electrons. The zero-order chi connectivity index (χ0) is 25.0. The van der Waals surface area contributed by atoms with Gasteiger partial charge in [0.05, 0.1) is 13.7 Å². The van der Waals surface area contributed by atoms with Gasteiger partial charge >= 0.3 is 30.0 Å². The van der Waals surface area contributed by atoms with Gasteiger partial charge in [-0.15, -0.1) is 0 Å². The lowest BCUT2D eigenvalue weighted by molar-refractivity contribution is -0.266. The number of anilines is 1. The molecule has 14 heteroatoms. The number of hydrogen-bond acceptors (Lipinski definition) is 7. The van der Waals surface area contributed by atoms with Gasteiger partial charge in [0.25, 0.3) is 5.60 Å². The Bertz CT molecular complexity index is 842. The lowest BCUT2D eigenvalue weighted by Crippen LogP contribution is -2.69. The van der Waals surface area contributed by atoms with Crippen LogP contribution in [0.2, 0.25) is 0 Å². The van der Waals surface area contributed by atoms with Gasteiger partial charge in [0.1, 0.15) is 0 Å². The molecule has 0 heterocycles. The number of methoxy groups -OCH3 is 1. The predicted octanol–water partition coefficient (Wildman–Crippen LogP) is 2.37. The molecule has 0 saturated heterocycles. The monoisotopic (exact) mass is 474 g/mol. The molecule has 2 atom stereocenters. The molecule has 1 aromatic rings. The number of ether oxygens (including phenoxy) is 2. The summed E-state index contributed by atoms with van der Waals surface area (Å²) < 4.78 is 90.0. The maximum Gasteiger partial charge on any atom is 0.441 e. The third-order valence-electron chi connectivity index (χ3n) is 4.18. The van der Waals surface area contributed by atoms with E-state index in [0.717, 1.165) is 0 Å². The Hall–Kier alpha value is -3.03. The van der Waals surface area contributed by atoms with Crippen molar-refractivity contribution in [3.05, 3.63) is 29.8 Å². The molecule has 0 aliphatic carbocycles. The maximum atomic E-state index is 13.9. The normalized spacial score (nSPS) is 15.7. The molecule has 8 nitrogen and oxygen atoms in total. The number of esters is 2. The minimum atomic E-state index is -5.52. The molecule has 1 rings (SSSR count). The Kier molecular flexibility index (Phi) is 8.12. The summed E-state index contributed by atoms with van der Waals surface area (Å²) in [7, 11) is 0.600. The molecule has 0 aromatic heterocycles. The highest BCUT2D eigenvalue weighted by atomic mass is 19.4. The number of carbonyl (C=O) groups is 3. The van der Waals surface area contributed by atoms with Gasteiger partial charge in [0.2, 0.25) is 5.91 Å². The van der Waals surface area contributed by atoms with Crippen LogP contribution in [0.3, 0.4) is 0 Å². The van der Waals surface area contributed by atoms with E-state index in [9.17, 15) is 45.8 Å². The van der Waals surface area contributed by atoms with E-state index < -0.39 is 65.7 Å². The largest absolute Gasteiger partial charge is 0.466 e. The summed E-state index contributed by atoms with van der Waals surface area (Å²) in [5, 5.41) is 13.1. The van der Waals surface area contributed by atoms with Crippen molar-refractivity contribution in [1.82, 2.24) is 5.32 Å². The maximum absolute atomic E-state index is 13.9. The second-order valence-corrected chi connectivity index (χ2v) is 6.27. The first-order valence-corrected chi connectivity index (χ1v) is 8.91. The average Bonchev–Trinajstić information content (AvgIpc) is 2.70. The van der Waals surface area contributed by atoms with Crippen molar-refractivity contribution in [1.29, 1.82) is 0 Å². The molecular weight excluding hydrogens is 454 g/mol. The van der Waals surface area contributed by atoms with Crippen LogP contribution in [0.15, 0.2) is 24.3 Å². The Morgan fingerprint density at radius 3 is 1.84 bits per heavy atom. The molecule has 2 unspecified atom stereocenters. The van der Waals surface area contributed by atoms with Gasteiger partial charge in [-0.2, -0.15) is 26.3 Å². The Labute approximate surface area is 177 Å². The molecule has 180 valence electrons. The number of nitrogens with one attached hydrogen (secondary N) is 2. The van der Waals surface area contributed by atoms with Crippen LogP contribution < -0.4 is 10.6 Å².